The minimum absolute atomic E-state index is 0.138. The molecule has 0 bridgehead atoms. The van der Waals surface area contributed by atoms with E-state index in [0.717, 1.165) is 29.3 Å². The Balaban J connectivity index is 1.72. The SMILES string of the molecule is CCCCCCCCCCCCN1C(=O)C(=O)/C(=C(\O)c2ccc(OC)cc2)C1c1ccc(Br)cc1. The van der Waals surface area contributed by atoms with Crippen molar-refractivity contribution in [2.45, 2.75) is 77.2 Å². The number of hydrogen-bond donors (Lipinski definition) is 1. The zero-order valence-electron chi connectivity index (χ0n) is 21.5. The van der Waals surface area contributed by atoms with Crippen molar-refractivity contribution in [3.63, 3.8) is 0 Å². The first-order valence-electron chi connectivity index (χ1n) is 13.2. The van der Waals surface area contributed by atoms with Crippen LogP contribution in [0.3, 0.4) is 0 Å². The van der Waals surface area contributed by atoms with Gasteiger partial charge in [-0.1, -0.05) is 92.8 Å². The molecule has 36 heavy (non-hydrogen) atoms. The Labute approximate surface area is 223 Å². The lowest BCUT2D eigenvalue weighted by Crippen LogP contribution is -2.30. The maximum atomic E-state index is 13.1. The number of methoxy groups -OCH3 is 1. The summed E-state index contributed by atoms with van der Waals surface area (Å²) in [4.78, 5) is 27.9. The molecule has 0 aliphatic carbocycles. The standard InChI is InChI=1S/C30H38BrNO4/c1-3-4-5-6-7-8-9-10-11-12-21-32-27(22-13-17-24(31)18-14-22)26(29(34)30(32)35)28(33)23-15-19-25(36-2)20-16-23/h13-20,27,33H,3-12,21H2,1-2H3/b28-26-. The largest absolute Gasteiger partial charge is 0.507 e. The van der Waals surface area contributed by atoms with E-state index in [1.54, 1.807) is 36.3 Å². The van der Waals surface area contributed by atoms with Crippen LogP contribution in [0.1, 0.15) is 88.3 Å². The normalized spacial score (nSPS) is 17.1. The van der Waals surface area contributed by atoms with Gasteiger partial charge in [0.05, 0.1) is 18.7 Å². The summed E-state index contributed by atoms with van der Waals surface area (Å²) < 4.78 is 6.11. The van der Waals surface area contributed by atoms with Crippen LogP contribution in [-0.2, 0) is 9.59 Å². The van der Waals surface area contributed by atoms with Crippen molar-refractivity contribution in [2.75, 3.05) is 13.7 Å². The number of ketones is 1. The molecule has 194 valence electrons. The highest BCUT2D eigenvalue weighted by molar-refractivity contribution is 9.10. The molecule has 1 unspecified atom stereocenters. The second-order valence-electron chi connectivity index (χ2n) is 9.45. The number of aliphatic hydroxyl groups is 1. The van der Waals surface area contributed by atoms with E-state index >= 15 is 0 Å². The minimum Gasteiger partial charge on any atom is -0.507 e. The molecular formula is C30H38BrNO4. The number of ether oxygens (including phenoxy) is 1. The zero-order chi connectivity index (χ0) is 25.9. The number of Topliss-reactive ketones (excluding diaryl/α,β-unsaturated/α-hetero) is 1. The van der Waals surface area contributed by atoms with Crippen molar-refractivity contribution in [3.8, 4) is 5.75 Å². The maximum absolute atomic E-state index is 13.1. The van der Waals surface area contributed by atoms with Crippen LogP contribution in [0, 0.1) is 0 Å². The van der Waals surface area contributed by atoms with Gasteiger partial charge in [0.25, 0.3) is 11.7 Å². The number of amides is 1. The Morgan fingerprint density at radius 3 is 1.97 bits per heavy atom. The number of likely N-dealkylation sites (tertiary alicyclic amines) is 1. The Hall–Kier alpha value is -2.60. The van der Waals surface area contributed by atoms with Crippen molar-refractivity contribution in [3.05, 3.63) is 69.7 Å². The molecular weight excluding hydrogens is 518 g/mol. The molecule has 2 aromatic carbocycles. The third-order valence-electron chi connectivity index (χ3n) is 6.84. The molecule has 0 aromatic heterocycles. The van der Waals surface area contributed by atoms with Crippen LogP contribution >= 0.6 is 15.9 Å². The predicted molar refractivity (Wildman–Crippen MR) is 148 cm³/mol. The zero-order valence-corrected chi connectivity index (χ0v) is 23.1. The number of rotatable bonds is 14. The van der Waals surface area contributed by atoms with Crippen molar-refractivity contribution in [1.29, 1.82) is 0 Å². The van der Waals surface area contributed by atoms with Crippen molar-refractivity contribution >= 4 is 33.4 Å². The highest BCUT2D eigenvalue weighted by atomic mass is 79.9. The van der Waals surface area contributed by atoms with E-state index in [-0.39, 0.29) is 11.3 Å². The number of carbonyl (C=O) groups excluding carboxylic acids is 2. The van der Waals surface area contributed by atoms with Gasteiger partial charge in [-0.2, -0.15) is 0 Å². The highest BCUT2D eigenvalue weighted by Gasteiger charge is 2.45. The Morgan fingerprint density at radius 2 is 1.42 bits per heavy atom. The molecule has 1 aliphatic heterocycles. The molecule has 1 heterocycles. The fraction of sp³-hybridized carbons (Fsp3) is 0.467. The first-order chi connectivity index (χ1) is 17.5. The Bertz CT molecular complexity index is 1030. The van der Waals surface area contributed by atoms with Gasteiger partial charge in [0.2, 0.25) is 0 Å². The first kappa shape index (κ1) is 28.0. The van der Waals surface area contributed by atoms with Gasteiger partial charge in [0, 0.05) is 16.6 Å². The van der Waals surface area contributed by atoms with Gasteiger partial charge >= 0.3 is 0 Å². The summed E-state index contributed by atoms with van der Waals surface area (Å²) in [5, 5.41) is 11.2. The number of carbonyl (C=O) groups is 2. The second kappa shape index (κ2) is 14.2. The molecule has 1 saturated heterocycles. The maximum Gasteiger partial charge on any atom is 0.295 e. The molecule has 1 amide bonds. The summed E-state index contributed by atoms with van der Waals surface area (Å²) in [6, 6.07) is 13.8. The predicted octanol–water partition coefficient (Wildman–Crippen LogP) is 7.80. The van der Waals surface area contributed by atoms with Crippen LogP contribution < -0.4 is 4.74 Å². The van der Waals surface area contributed by atoms with E-state index in [1.165, 1.54) is 44.9 Å². The molecule has 1 fully saturated rings. The molecule has 1 atom stereocenters. The summed E-state index contributed by atoms with van der Waals surface area (Å²) in [5.41, 5.74) is 1.42. The summed E-state index contributed by atoms with van der Waals surface area (Å²) in [5.74, 6) is -0.691. The lowest BCUT2D eigenvalue weighted by Gasteiger charge is -2.25. The number of benzene rings is 2. The third-order valence-corrected chi connectivity index (χ3v) is 7.37. The van der Waals surface area contributed by atoms with Crippen LogP contribution in [0.15, 0.2) is 58.6 Å². The number of hydrogen-bond acceptors (Lipinski definition) is 4. The van der Waals surface area contributed by atoms with Gasteiger partial charge < -0.3 is 14.7 Å². The summed E-state index contributed by atoms with van der Waals surface area (Å²) >= 11 is 3.46. The number of halogens is 1. The number of aliphatic hydroxyl groups excluding tert-OH is 1. The minimum atomic E-state index is -0.636. The second-order valence-corrected chi connectivity index (χ2v) is 10.4. The number of unbranched alkanes of at least 4 members (excludes halogenated alkanes) is 9. The van der Waals surface area contributed by atoms with Gasteiger partial charge in [-0.05, 0) is 48.4 Å². The van der Waals surface area contributed by atoms with Crippen LogP contribution in [-0.4, -0.2) is 35.4 Å². The topological polar surface area (TPSA) is 66.8 Å². The molecule has 6 heteroatoms. The molecule has 5 nitrogen and oxygen atoms in total. The Kier molecular flexibility index (Phi) is 11.1. The monoisotopic (exact) mass is 555 g/mol. The molecule has 0 spiro atoms. The first-order valence-corrected chi connectivity index (χ1v) is 14.0. The van der Waals surface area contributed by atoms with Gasteiger partial charge in [0.15, 0.2) is 0 Å². The van der Waals surface area contributed by atoms with Crippen LogP contribution in [0.4, 0.5) is 0 Å². The van der Waals surface area contributed by atoms with E-state index < -0.39 is 17.7 Å². The summed E-state index contributed by atoms with van der Waals surface area (Å²) in [6.45, 7) is 2.72. The lowest BCUT2D eigenvalue weighted by atomic mass is 9.95. The van der Waals surface area contributed by atoms with E-state index in [4.69, 9.17) is 4.74 Å². The van der Waals surface area contributed by atoms with E-state index in [0.29, 0.717) is 17.9 Å². The Morgan fingerprint density at radius 1 is 0.861 bits per heavy atom. The van der Waals surface area contributed by atoms with Gasteiger partial charge in [-0.3, -0.25) is 9.59 Å². The van der Waals surface area contributed by atoms with Crippen LogP contribution in [0.5, 0.6) is 5.75 Å². The van der Waals surface area contributed by atoms with Gasteiger partial charge in [-0.25, -0.2) is 0 Å². The fourth-order valence-corrected chi connectivity index (χ4v) is 5.04. The molecule has 0 radical (unpaired) electrons. The van der Waals surface area contributed by atoms with E-state index in [9.17, 15) is 14.7 Å². The van der Waals surface area contributed by atoms with Gasteiger partial charge in [-0.15, -0.1) is 0 Å². The molecule has 3 rings (SSSR count). The quantitative estimate of drug-likeness (QED) is 0.112. The average Bonchev–Trinajstić information content (AvgIpc) is 3.14. The molecule has 1 aliphatic rings. The summed E-state index contributed by atoms with van der Waals surface area (Å²) in [7, 11) is 1.57. The van der Waals surface area contributed by atoms with Crippen molar-refractivity contribution in [2.24, 2.45) is 0 Å². The average molecular weight is 557 g/mol. The van der Waals surface area contributed by atoms with Crippen LogP contribution in [0.25, 0.3) is 5.76 Å². The van der Waals surface area contributed by atoms with Crippen molar-refractivity contribution in [1.82, 2.24) is 4.90 Å². The molecule has 2 aromatic rings. The van der Waals surface area contributed by atoms with Crippen molar-refractivity contribution < 1.29 is 19.4 Å². The number of nitrogens with zero attached hydrogens (tertiary/aromatic N) is 1. The van der Waals surface area contributed by atoms with E-state index in [1.807, 2.05) is 24.3 Å². The summed E-state index contributed by atoms with van der Waals surface area (Å²) in [6.07, 6.45) is 12.0. The highest BCUT2D eigenvalue weighted by Crippen LogP contribution is 2.40. The van der Waals surface area contributed by atoms with Gasteiger partial charge in [0.1, 0.15) is 11.5 Å². The third kappa shape index (κ3) is 7.22. The van der Waals surface area contributed by atoms with E-state index in [2.05, 4.69) is 22.9 Å². The smallest absolute Gasteiger partial charge is 0.295 e. The molecule has 0 saturated carbocycles. The fourth-order valence-electron chi connectivity index (χ4n) is 4.78. The van der Waals surface area contributed by atoms with Crippen LogP contribution in [0.2, 0.25) is 0 Å². The molecule has 1 N–H and O–H groups in total. The lowest BCUT2D eigenvalue weighted by molar-refractivity contribution is -0.139.